The minimum atomic E-state index is -3.10. The number of sulfone groups is 1. The van der Waals surface area contributed by atoms with Gasteiger partial charge in [-0.05, 0) is 44.4 Å². The van der Waals surface area contributed by atoms with E-state index >= 15 is 0 Å². The topological polar surface area (TPSA) is 60.4 Å². The molecule has 1 aromatic rings. The van der Waals surface area contributed by atoms with Crippen molar-refractivity contribution in [2.75, 3.05) is 6.26 Å². The zero-order valence-electron chi connectivity index (χ0n) is 12.1. The number of Topliss-reactive ketones (excluding diaryl/α,β-unsaturated/α-hetero) is 1. The van der Waals surface area contributed by atoms with Crippen LogP contribution in [0.25, 0.3) is 0 Å². The summed E-state index contributed by atoms with van der Waals surface area (Å²) in [5.74, 6) is -0.737. The lowest BCUT2D eigenvalue weighted by Crippen LogP contribution is -2.33. The first-order chi connectivity index (χ1) is 9.77. The van der Waals surface area contributed by atoms with E-state index in [9.17, 15) is 17.6 Å². The fourth-order valence-electron chi connectivity index (χ4n) is 2.59. The molecule has 1 aliphatic carbocycles. The quantitative estimate of drug-likeness (QED) is 0.802. The van der Waals surface area contributed by atoms with Gasteiger partial charge in [-0.3, -0.25) is 4.79 Å². The van der Waals surface area contributed by atoms with Crippen molar-refractivity contribution in [1.29, 1.82) is 0 Å². The van der Waals surface area contributed by atoms with Crippen LogP contribution in [0.3, 0.4) is 0 Å². The molecule has 1 aliphatic rings. The van der Waals surface area contributed by atoms with Crippen LogP contribution in [0.4, 0.5) is 4.39 Å². The zero-order valence-corrected chi connectivity index (χ0v) is 13.0. The Bertz CT molecular complexity index is 639. The lowest BCUT2D eigenvalue weighted by atomic mass is 9.97. The summed E-state index contributed by atoms with van der Waals surface area (Å²) in [6, 6.07) is 4.09. The third-order valence-corrected chi connectivity index (χ3v) is 5.45. The third kappa shape index (κ3) is 4.03. The van der Waals surface area contributed by atoms with E-state index in [0.717, 1.165) is 12.5 Å². The van der Waals surface area contributed by atoms with Gasteiger partial charge >= 0.3 is 0 Å². The number of rotatable bonds is 4. The van der Waals surface area contributed by atoms with E-state index in [1.54, 1.807) is 0 Å². The summed E-state index contributed by atoms with van der Waals surface area (Å²) in [5.41, 5.74) is 0.289. The summed E-state index contributed by atoms with van der Waals surface area (Å²) in [5, 5.41) is -0.421. The van der Waals surface area contributed by atoms with Gasteiger partial charge in [0.25, 0.3) is 0 Å². The van der Waals surface area contributed by atoms with Crippen LogP contribution in [0.15, 0.2) is 18.2 Å². The van der Waals surface area contributed by atoms with Crippen LogP contribution in [0, 0.1) is 5.82 Å². The number of hydrogen-bond acceptors (Lipinski definition) is 4. The Balaban J connectivity index is 2.09. The normalized spacial score (nSPS) is 22.8. The van der Waals surface area contributed by atoms with Crippen molar-refractivity contribution in [1.82, 2.24) is 0 Å². The van der Waals surface area contributed by atoms with Gasteiger partial charge in [0.2, 0.25) is 0 Å². The zero-order chi connectivity index (χ0) is 15.6. The molecule has 6 heteroatoms. The monoisotopic (exact) mass is 314 g/mol. The molecule has 4 nitrogen and oxygen atoms in total. The first-order valence-corrected chi connectivity index (χ1v) is 8.89. The number of carbonyl (C=O) groups excluding carboxylic acids is 1. The Labute approximate surface area is 124 Å². The maximum absolute atomic E-state index is 13.9. The second kappa shape index (κ2) is 6.13. The number of benzene rings is 1. The number of halogens is 1. The van der Waals surface area contributed by atoms with Crippen molar-refractivity contribution in [2.45, 2.75) is 44.0 Å². The molecule has 0 heterocycles. The first kappa shape index (κ1) is 15.9. The van der Waals surface area contributed by atoms with E-state index in [1.165, 1.54) is 25.3 Å². The van der Waals surface area contributed by atoms with Crippen LogP contribution in [0.2, 0.25) is 0 Å². The minimum absolute atomic E-state index is 0.0687. The Morgan fingerprint density at radius 1 is 1.33 bits per heavy atom. The molecule has 1 aromatic carbocycles. The van der Waals surface area contributed by atoms with E-state index in [0.29, 0.717) is 19.3 Å². The molecule has 116 valence electrons. The molecule has 0 N–H and O–H groups in total. The Kier molecular flexibility index (Phi) is 4.66. The van der Waals surface area contributed by atoms with Gasteiger partial charge in [-0.2, -0.15) is 0 Å². The number of ether oxygens (including phenoxy) is 1. The van der Waals surface area contributed by atoms with E-state index in [1.807, 2.05) is 0 Å². The molecule has 0 aromatic heterocycles. The van der Waals surface area contributed by atoms with Gasteiger partial charge in [0.15, 0.2) is 17.3 Å². The molecule has 0 radical (unpaired) electrons. The molecular formula is C15H19FO4S. The molecular weight excluding hydrogens is 295 g/mol. The van der Waals surface area contributed by atoms with Crippen LogP contribution in [0.5, 0.6) is 5.75 Å². The number of ketones is 1. The van der Waals surface area contributed by atoms with E-state index in [2.05, 4.69) is 0 Å². The largest absolute Gasteiger partial charge is 0.487 e. The molecule has 21 heavy (non-hydrogen) atoms. The summed E-state index contributed by atoms with van der Waals surface area (Å²) in [7, 11) is -3.10. The minimum Gasteiger partial charge on any atom is -0.487 e. The standard InChI is InChI=1S/C15H19FO4S/c1-10(17)11-6-7-15(14(16)8-11)20-12-4-3-5-13(9-12)21(2,18)19/h6-8,12-13H,3-5,9H2,1-2H3. The smallest absolute Gasteiger partial charge is 0.165 e. The summed E-state index contributed by atoms with van der Waals surface area (Å²) in [6.07, 6.45) is 3.38. The lowest BCUT2D eigenvalue weighted by Gasteiger charge is -2.28. The fraction of sp³-hybridized carbons (Fsp3) is 0.533. The summed E-state index contributed by atoms with van der Waals surface area (Å²) < 4.78 is 42.7. The van der Waals surface area contributed by atoms with Gasteiger partial charge in [-0.1, -0.05) is 0 Å². The molecule has 1 saturated carbocycles. The van der Waals surface area contributed by atoms with Crippen molar-refractivity contribution in [3.05, 3.63) is 29.6 Å². The Morgan fingerprint density at radius 2 is 2.05 bits per heavy atom. The van der Waals surface area contributed by atoms with Crippen molar-refractivity contribution < 1.29 is 22.3 Å². The number of carbonyl (C=O) groups is 1. The summed E-state index contributed by atoms with van der Waals surface area (Å²) in [6.45, 7) is 1.37. The van der Waals surface area contributed by atoms with Crippen LogP contribution >= 0.6 is 0 Å². The molecule has 0 amide bonds. The van der Waals surface area contributed by atoms with Crippen LogP contribution in [0.1, 0.15) is 43.0 Å². The molecule has 0 aliphatic heterocycles. The highest BCUT2D eigenvalue weighted by molar-refractivity contribution is 7.91. The molecule has 2 atom stereocenters. The van der Waals surface area contributed by atoms with Crippen molar-refractivity contribution in [3.63, 3.8) is 0 Å². The average molecular weight is 314 g/mol. The van der Waals surface area contributed by atoms with Gasteiger partial charge in [-0.15, -0.1) is 0 Å². The second-order valence-corrected chi connectivity index (χ2v) is 7.89. The van der Waals surface area contributed by atoms with Crippen molar-refractivity contribution in [2.24, 2.45) is 0 Å². The SMILES string of the molecule is CC(=O)c1ccc(OC2CCCC(S(C)(=O)=O)C2)c(F)c1. The summed E-state index contributed by atoms with van der Waals surface area (Å²) >= 11 is 0. The highest BCUT2D eigenvalue weighted by Gasteiger charge is 2.30. The highest BCUT2D eigenvalue weighted by Crippen LogP contribution is 2.29. The van der Waals surface area contributed by atoms with Gasteiger partial charge in [-0.25, -0.2) is 12.8 Å². The molecule has 1 fully saturated rings. The van der Waals surface area contributed by atoms with Crippen LogP contribution in [-0.4, -0.2) is 31.8 Å². The summed E-state index contributed by atoms with van der Waals surface area (Å²) in [4.78, 5) is 11.2. The highest BCUT2D eigenvalue weighted by atomic mass is 32.2. The van der Waals surface area contributed by atoms with Gasteiger partial charge in [0, 0.05) is 18.2 Å². The van der Waals surface area contributed by atoms with Crippen molar-refractivity contribution >= 4 is 15.6 Å². The predicted molar refractivity (Wildman–Crippen MR) is 77.9 cm³/mol. The van der Waals surface area contributed by atoms with Gasteiger partial charge in [0.05, 0.1) is 5.25 Å². The Hall–Kier alpha value is -1.43. The first-order valence-electron chi connectivity index (χ1n) is 6.93. The van der Waals surface area contributed by atoms with Gasteiger partial charge < -0.3 is 4.74 Å². The fourth-order valence-corrected chi connectivity index (χ4v) is 3.75. The second-order valence-electron chi connectivity index (χ2n) is 5.56. The van der Waals surface area contributed by atoms with Crippen LogP contribution < -0.4 is 4.74 Å². The van der Waals surface area contributed by atoms with E-state index in [-0.39, 0.29) is 23.2 Å². The predicted octanol–water partition coefficient (Wildman–Crippen LogP) is 2.76. The lowest BCUT2D eigenvalue weighted by molar-refractivity contribution is 0.101. The number of hydrogen-bond donors (Lipinski definition) is 0. The Morgan fingerprint density at radius 3 is 2.62 bits per heavy atom. The molecule has 0 bridgehead atoms. The van der Waals surface area contributed by atoms with Crippen LogP contribution in [-0.2, 0) is 9.84 Å². The third-order valence-electron chi connectivity index (χ3n) is 3.82. The van der Waals surface area contributed by atoms with Gasteiger partial charge in [0.1, 0.15) is 15.9 Å². The van der Waals surface area contributed by atoms with E-state index < -0.39 is 20.9 Å². The molecule has 0 saturated heterocycles. The average Bonchev–Trinajstić information content (AvgIpc) is 2.40. The molecule has 2 unspecified atom stereocenters. The molecule has 0 spiro atoms. The maximum atomic E-state index is 13.9. The van der Waals surface area contributed by atoms with E-state index in [4.69, 9.17) is 4.74 Å². The molecule has 2 rings (SSSR count). The maximum Gasteiger partial charge on any atom is 0.165 e. The van der Waals surface area contributed by atoms with Crippen molar-refractivity contribution in [3.8, 4) is 5.75 Å².